The molecule has 0 radical (unpaired) electrons. The molecule has 0 saturated carbocycles. The van der Waals surface area contributed by atoms with Gasteiger partial charge in [-0.15, -0.1) is 0 Å². The topological polar surface area (TPSA) is 76.2 Å². The van der Waals surface area contributed by atoms with Crippen molar-refractivity contribution in [1.82, 2.24) is 14.9 Å². The molecule has 0 spiro atoms. The smallest absolute Gasteiger partial charge is 0.269 e. The van der Waals surface area contributed by atoms with Crippen LogP contribution in [0.4, 0.5) is 15.8 Å². The fourth-order valence-corrected chi connectivity index (χ4v) is 6.04. The minimum absolute atomic E-state index is 0.0587. The summed E-state index contributed by atoms with van der Waals surface area (Å²) in [5, 5.41) is 14.9. The van der Waals surface area contributed by atoms with Gasteiger partial charge in [0.15, 0.2) is 5.11 Å². The van der Waals surface area contributed by atoms with E-state index < -0.39 is 4.92 Å². The lowest BCUT2D eigenvalue weighted by Gasteiger charge is -2.29. The fourth-order valence-electron chi connectivity index (χ4n) is 4.88. The maximum absolute atomic E-state index is 14.9. The number of aromatic nitrogens is 2. The lowest BCUT2D eigenvalue weighted by Crippen LogP contribution is -2.30. The van der Waals surface area contributed by atoms with Crippen molar-refractivity contribution in [2.75, 3.05) is 4.90 Å². The highest BCUT2D eigenvalue weighted by Gasteiger charge is 2.42. The van der Waals surface area contributed by atoms with Crippen LogP contribution in [0.15, 0.2) is 125 Å². The van der Waals surface area contributed by atoms with Gasteiger partial charge in [-0.3, -0.25) is 15.1 Å². The molecule has 0 aliphatic carbocycles. The van der Waals surface area contributed by atoms with Crippen molar-refractivity contribution in [2.24, 2.45) is 0 Å². The number of benzene rings is 3. The van der Waals surface area contributed by atoms with Crippen LogP contribution < -0.4 is 10.2 Å². The minimum Gasteiger partial charge on any atom is -0.351 e. The van der Waals surface area contributed by atoms with E-state index in [0.29, 0.717) is 10.8 Å². The molecular formula is C30H22FN5O2S2. The molecule has 6 rings (SSSR count). The molecule has 1 aliphatic heterocycles. The number of nitro groups is 1. The van der Waals surface area contributed by atoms with E-state index >= 15 is 0 Å². The minimum atomic E-state index is -0.409. The molecule has 3 heterocycles. The first-order valence-electron chi connectivity index (χ1n) is 12.4. The van der Waals surface area contributed by atoms with E-state index in [-0.39, 0.29) is 23.6 Å². The standard InChI is InChI=1S/C30H22FN5O2S2/c31-24-6-1-2-8-26(24)34-19-5-9-27(34)29-28(25-7-3-4-18-32-25)33-30(39)35(29)20-10-14-22(15-11-20)40-23-16-12-21(13-17-23)36(37)38/h1-19,28-29H,(H,33,39)/t28-,29-/m0/s1. The van der Waals surface area contributed by atoms with Crippen molar-refractivity contribution in [3.8, 4) is 5.69 Å². The summed E-state index contributed by atoms with van der Waals surface area (Å²) in [6.07, 6.45) is 3.60. The molecule has 1 saturated heterocycles. The molecule has 1 aliphatic rings. The number of hydrogen-bond acceptors (Lipinski definition) is 5. The van der Waals surface area contributed by atoms with Crippen LogP contribution in [-0.2, 0) is 0 Å². The maximum atomic E-state index is 14.9. The molecule has 0 unspecified atom stereocenters. The van der Waals surface area contributed by atoms with Gasteiger partial charge in [0.25, 0.3) is 5.69 Å². The van der Waals surface area contributed by atoms with Crippen molar-refractivity contribution < 1.29 is 9.31 Å². The molecule has 0 bridgehead atoms. The van der Waals surface area contributed by atoms with Crippen LogP contribution in [-0.4, -0.2) is 19.6 Å². The van der Waals surface area contributed by atoms with E-state index in [1.807, 2.05) is 76.3 Å². The van der Waals surface area contributed by atoms with Gasteiger partial charge in [-0.25, -0.2) is 4.39 Å². The van der Waals surface area contributed by atoms with E-state index in [4.69, 9.17) is 12.2 Å². The molecule has 7 nitrogen and oxygen atoms in total. The van der Waals surface area contributed by atoms with Gasteiger partial charge in [0.1, 0.15) is 11.9 Å². The normalized spacial score (nSPS) is 16.6. The van der Waals surface area contributed by atoms with Gasteiger partial charge < -0.3 is 14.8 Å². The van der Waals surface area contributed by atoms with E-state index in [9.17, 15) is 14.5 Å². The zero-order valence-electron chi connectivity index (χ0n) is 20.9. The number of non-ortho nitro benzene ring substituents is 1. The second-order valence-corrected chi connectivity index (χ2v) is 10.6. The number of para-hydroxylation sites is 1. The summed E-state index contributed by atoms with van der Waals surface area (Å²) < 4.78 is 16.8. The van der Waals surface area contributed by atoms with Crippen LogP contribution >= 0.6 is 24.0 Å². The lowest BCUT2D eigenvalue weighted by molar-refractivity contribution is -0.384. The Morgan fingerprint density at radius 3 is 2.27 bits per heavy atom. The molecular weight excluding hydrogens is 545 g/mol. The van der Waals surface area contributed by atoms with Crippen molar-refractivity contribution >= 4 is 40.5 Å². The molecule has 2 aromatic heterocycles. The van der Waals surface area contributed by atoms with Gasteiger partial charge in [0.2, 0.25) is 0 Å². The Hall–Kier alpha value is -4.54. The Morgan fingerprint density at radius 1 is 0.900 bits per heavy atom. The average molecular weight is 568 g/mol. The van der Waals surface area contributed by atoms with E-state index in [1.165, 1.54) is 30.0 Å². The SMILES string of the molecule is O=[N+]([O-])c1ccc(Sc2ccc(N3C(=S)N[C@@H](c4ccccn4)[C@@H]3c3cccn3-c3ccccc3F)cc2)cc1. The number of anilines is 1. The van der Waals surface area contributed by atoms with Crippen molar-refractivity contribution in [3.63, 3.8) is 0 Å². The van der Waals surface area contributed by atoms with Gasteiger partial charge in [-0.1, -0.05) is 30.0 Å². The fraction of sp³-hybridized carbons (Fsp3) is 0.0667. The van der Waals surface area contributed by atoms with Gasteiger partial charge in [-0.05, 0) is 85.0 Å². The summed E-state index contributed by atoms with van der Waals surface area (Å²) in [5.74, 6) is -0.318. The molecule has 2 atom stereocenters. The van der Waals surface area contributed by atoms with E-state index in [1.54, 1.807) is 30.5 Å². The predicted molar refractivity (Wildman–Crippen MR) is 157 cm³/mol. The van der Waals surface area contributed by atoms with Gasteiger partial charge in [0, 0.05) is 45.7 Å². The van der Waals surface area contributed by atoms with Crippen LogP contribution in [0.2, 0.25) is 0 Å². The van der Waals surface area contributed by atoms with Crippen molar-refractivity contribution in [3.05, 3.63) is 143 Å². The van der Waals surface area contributed by atoms with Crippen LogP contribution in [0.3, 0.4) is 0 Å². The van der Waals surface area contributed by atoms with Crippen LogP contribution in [0, 0.1) is 15.9 Å². The number of halogens is 1. The summed E-state index contributed by atoms with van der Waals surface area (Å²) in [6.45, 7) is 0. The Bertz CT molecular complexity index is 1680. The zero-order chi connectivity index (χ0) is 27.6. The molecule has 3 aromatic carbocycles. The Labute approximate surface area is 239 Å². The monoisotopic (exact) mass is 567 g/mol. The second-order valence-electron chi connectivity index (χ2n) is 9.10. The lowest BCUT2D eigenvalue weighted by atomic mass is 10.0. The summed E-state index contributed by atoms with van der Waals surface area (Å²) in [4.78, 5) is 19.1. The van der Waals surface area contributed by atoms with Crippen molar-refractivity contribution in [2.45, 2.75) is 21.9 Å². The van der Waals surface area contributed by atoms with E-state index in [2.05, 4.69) is 10.3 Å². The number of hydrogen-bond donors (Lipinski definition) is 1. The number of nitro benzene ring substituents is 1. The molecule has 40 heavy (non-hydrogen) atoms. The molecule has 1 fully saturated rings. The zero-order valence-corrected chi connectivity index (χ0v) is 22.6. The maximum Gasteiger partial charge on any atom is 0.269 e. The first-order chi connectivity index (χ1) is 19.5. The highest BCUT2D eigenvalue weighted by molar-refractivity contribution is 7.99. The van der Waals surface area contributed by atoms with Crippen LogP contribution in [0.1, 0.15) is 23.5 Å². The second kappa shape index (κ2) is 10.9. The van der Waals surface area contributed by atoms with Gasteiger partial charge >= 0.3 is 0 Å². The molecule has 1 N–H and O–H groups in total. The Balaban J connectivity index is 1.36. The van der Waals surface area contributed by atoms with Gasteiger partial charge in [0.05, 0.1) is 22.3 Å². The predicted octanol–water partition coefficient (Wildman–Crippen LogP) is 7.25. The molecule has 10 heteroatoms. The average Bonchev–Trinajstić information content (AvgIpc) is 3.59. The summed E-state index contributed by atoms with van der Waals surface area (Å²) in [6, 6.07) is 30.2. The third-order valence-corrected chi connectivity index (χ3v) is 8.02. The first-order valence-corrected chi connectivity index (χ1v) is 13.7. The summed E-state index contributed by atoms with van der Waals surface area (Å²) >= 11 is 7.36. The third-order valence-electron chi connectivity index (χ3n) is 6.69. The highest BCUT2D eigenvalue weighted by atomic mass is 32.2. The molecule has 198 valence electrons. The molecule has 0 amide bonds. The number of pyridine rings is 1. The Kier molecular flexibility index (Phi) is 7.02. The number of nitrogens with one attached hydrogen (secondary N) is 1. The Morgan fingerprint density at radius 2 is 1.60 bits per heavy atom. The summed E-state index contributed by atoms with van der Waals surface area (Å²) in [7, 11) is 0. The summed E-state index contributed by atoms with van der Waals surface area (Å²) in [5.41, 5.74) is 3.06. The third kappa shape index (κ3) is 4.94. The number of rotatable bonds is 7. The van der Waals surface area contributed by atoms with Crippen molar-refractivity contribution in [1.29, 1.82) is 0 Å². The van der Waals surface area contributed by atoms with Crippen LogP contribution in [0.5, 0.6) is 0 Å². The van der Waals surface area contributed by atoms with E-state index in [0.717, 1.165) is 26.9 Å². The van der Waals surface area contributed by atoms with Crippen LogP contribution in [0.25, 0.3) is 5.69 Å². The first kappa shape index (κ1) is 25.7. The van der Waals surface area contributed by atoms with Gasteiger partial charge in [-0.2, -0.15) is 0 Å². The number of thiocarbonyl (C=S) groups is 1. The molecule has 5 aromatic rings. The quantitative estimate of drug-likeness (QED) is 0.126. The largest absolute Gasteiger partial charge is 0.351 e. The highest BCUT2D eigenvalue weighted by Crippen LogP contribution is 2.43. The number of nitrogens with zero attached hydrogens (tertiary/aromatic N) is 4.